The summed E-state index contributed by atoms with van der Waals surface area (Å²) in [6.07, 6.45) is 0. The highest BCUT2D eigenvalue weighted by molar-refractivity contribution is 7.19. The molecule has 0 saturated heterocycles. The molecule has 5 rings (SSSR count). The van der Waals surface area contributed by atoms with Gasteiger partial charge >= 0.3 is 0 Å². The molecule has 0 aliphatic rings. The van der Waals surface area contributed by atoms with Gasteiger partial charge in [-0.25, -0.2) is 0 Å². The number of fused-ring (bicyclic) bond motifs is 1. The van der Waals surface area contributed by atoms with Gasteiger partial charge in [-0.1, -0.05) is 59.4 Å². The highest BCUT2D eigenvalue weighted by atomic mass is 32.1. The van der Waals surface area contributed by atoms with E-state index in [0.29, 0.717) is 0 Å². The van der Waals surface area contributed by atoms with Gasteiger partial charge < -0.3 is 4.42 Å². The van der Waals surface area contributed by atoms with Crippen molar-refractivity contribution in [2.75, 3.05) is 0 Å². The minimum atomic E-state index is 0.751. The summed E-state index contributed by atoms with van der Waals surface area (Å²) in [7, 11) is 0. The molecule has 6 heteroatoms. The summed E-state index contributed by atoms with van der Waals surface area (Å²) < 4.78 is 7.87. The molecule has 5 nitrogen and oxygen atoms in total. The number of benzene rings is 2. The lowest BCUT2D eigenvalue weighted by Crippen LogP contribution is -1.91. The summed E-state index contributed by atoms with van der Waals surface area (Å²) in [5.41, 5.74) is 5.46. The van der Waals surface area contributed by atoms with Crippen LogP contribution in [0.4, 0.5) is 0 Å². The highest BCUT2D eigenvalue weighted by Crippen LogP contribution is 2.36. The Kier molecular flexibility index (Phi) is 3.87. The van der Waals surface area contributed by atoms with Crippen LogP contribution in [0.25, 0.3) is 38.2 Å². The molecule has 0 aliphatic heterocycles. The number of aromatic nitrogens is 4. The average Bonchev–Trinajstić information content (AvgIpc) is 3.35. The third kappa shape index (κ3) is 2.73. The zero-order chi connectivity index (χ0) is 19.3. The second-order valence-corrected chi connectivity index (χ2v) is 7.85. The summed E-state index contributed by atoms with van der Waals surface area (Å²) in [5.74, 6) is 2.46. The fourth-order valence-corrected chi connectivity index (χ4v) is 4.27. The first-order valence-electron chi connectivity index (χ1n) is 9.06. The molecule has 3 aromatic heterocycles. The van der Waals surface area contributed by atoms with Crippen molar-refractivity contribution in [2.45, 2.75) is 20.8 Å². The molecule has 0 unspecified atom stereocenters. The number of hydrogen-bond donors (Lipinski definition) is 0. The molecule has 138 valence electrons. The normalized spacial score (nSPS) is 11.4. The monoisotopic (exact) mass is 386 g/mol. The van der Waals surface area contributed by atoms with E-state index in [1.165, 1.54) is 22.5 Å². The maximum atomic E-state index is 6.06. The number of hydrogen-bond acceptors (Lipinski definition) is 5. The molecule has 5 aromatic rings. The molecule has 0 fully saturated rings. The molecule has 2 aromatic carbocycles. The van der Waals surface area contributed by atoms with E-state index in [0.717, 1.165) is 44.0 Å². The molecule has 0 N–H and O–H groups in total. The number of furan rings is 1. The Balaban J connectivity index is 1.60. The molecular formula is C22H18N4OS. The predicted octanol–water partition coefficient (Wildman–Crippen LogP) is 5.71. The first kappa shape index (κ1) is 16.9. The topological polar surface area (TPSA) is 56.2 Å². The van der Waals surface area contributed by atoms with Gasteiger partial charge in [0, 0.05) is 11.1 Å². The first-order valence-corrected chi connectivity index (χ1v) is 9.88. The second-order valence-electron chi connectivity index (χ2n) is 6.89. The Labute approximate surface area is 166 Å². The van der Waals surface area contributed by atoms with E-state index in [9.17, 15) is 0 Å². The summed E-state index contributed by atoms with van der Waals surface area (Å²) in [6.45, 7) is 6.13. The minimum absolute atomic E-state index is 0.751. The van der Waals surface area contributed by atoms with E-state index < -0.39 is 0 Å². The maximum absolute atomic E-state index is 6.06. The van der Waals surface area contributed by atoms with Gasteiger partial charge in [-0.3, -0.25) is 0 Å². The van der Waals surface area contributed by atoms with Crippen LogP contribution in [-0.2, 0) is 0 Å². The number of aryl methyl sites for hydroxylation is 3. The summed E-state index contributed by atoms with van der Waals surface area (Å²) in [4.78, 5) is 0.768. The summed E-state index contributed by atoms with van der Waals surface area (Å²) in [6, 6.07) is 18.5. The number of rotatable bonds is 3. The fourth-order valence-electron chi connectivity index (χ4n) is 3.37. The van der Waals surface area contributed by atoms with E-state index in [-0.39, 0.29) is 0 Å². The van der Waals surface area contributed by atoms with Crippen molar-refractivity contribution in [3.8, 4) is 33.3 Å². The summed E-state index contributed by atoms with van der Waals surface area (Å²) in [5, 5.41) is 14.3. The highest BCUT2D eigenvalue weighted by Gasteiger charge is 2.19. The van der Waals surface area contributed by atoms with Gasteiger partial charge in [-0.15, -0.1) is 10.2 Å². The summed E-state index contributed by atoms with van der Waals surface area (Å²) >= 11 is 1.52. The Morgan fingerprint density at radius 2 is 1.75 bits per heavy atom. The van der Waals surface area contributed by atoms with E-state index >= 15 is 0 Å². The van der Waals surface area contributed by atoms with E-state index in [1.807, 2.05) is 35.7 Å². The van der Waals surface area contributed by atoms with Gasteiger partial charge in [0.05, 0.1) is 5.56 Å². The van der Waals surface area contributed by atoms with Gasteiger partial charge in [-0.2, -0.15) is 9.61 Å². The van der Waals surface area contributed by atoms with Crippen molar-refractivity contribution in [1.29, 1.82) is 0 Å². The fraction of sp³-hybridized carbons (Fsp3) is 0.136. The molecular weight excluding hydrogens is 368 g/mol. The third-order valence-electron chi connectivity index (χ3n) is 4.83. The molecule has 0 bridgehead atoms. The quantitative estimate of drug-likeness (QED) is 0.399. The smallest absolute Gasteiger partial charge is 0.235 e. The van der Waals surface area contributed by atoms with Crippen molar-refractivity contribution in [3.05, 3.63) is 71.5 Å². The number of nitrogens with zero attached hydrogens (tertiary/aromatic N) is 4. The average molecular weight is 386 g/mol. The van der Waals surface area contributed by atoms with Gasteiger partial charge in [0.1, 0.15) is 11.5 Å². The molecule has 28 heavy (non-hydrogen) atoms. The van der Waals surface area contributed by atoms with Crippen LogP contribution in [0.1, 0.15) is 16.9 Å². The standard InChI is InChI=1S/C22H18N4OS/c1-13-7-6-9-16(11-13)20-23-24-22-26(20)25-21(28-22)18-12-19(27-15(18)3)17-10-5-4-8-14(17)2/h4-12H,1-3H3. The van der Waals surface area contributed by atoms with Crippen LogP contribution in [0.15, 0.2) is 59.0 Å². The van der Waals surface area contributed by atoms with Crippen molar-refractivity contribution in [2.24, 2.45) is 0 Å². The Bertz CT molecular complexity index is 1310. The van der Waals surface area contributed by atoms with Crippen molar-refractivity contribution in [1.82, 2.24) is 19.8 Å². The maximum Gasteiger partial charge on any atom is 0.235 e. The Morgan fingerprint density at radius 3 is 2.57 bits per heavy atom. The molecule has 3 heterocycles. The van der Waals surface area contributed by atoms with Gasteiger partial charge in [0.15, 0.2) is 10.8 Å². The van der Waals surface area contributed by atoms with Crippen LogP contribution in [-0.4, -0.2) is 19.8 Å². The first-order chi connectivity index (χ1) is 13.6. The lowest BCUT2D eigenvalue weighted by Gasteiger charge is -2.00. The lowest BCUT2D eigenvalue weighted by molar-refractivity contribution is 0.549. The van der Waals surface area contributed by atoms with E-state index in [2.05, 4.69) is 54.4 Å². The van der Waals surface area contributed by atoms with E-state index in [1.54, 1.807) is 0 Å². The van der Waals surface area contributed by atoms with Crippen LogP contribution in [0, 0.1) is 20.8 Å². The van der Waals surface area contributed by atoms with Crippen LogP contribution >= 0.6 is 11.3 Å². The van der Waals surface area contributed by atoms with Crippen molar-refractivity contribution < 1.29 is 4.42 Å². The molecule has 0 radical (unpaired) electrons. The van der Waals surface area contributed by atoms with Crippen LogP contribution in [0.3, 0.4) is 0 Å². The third-order valence-corrected chi connectivity index (χ3v) is 5.76. The van der Waals surface area contributed by atoms with Gasteiger partial charge in [0.25, 0.3) is 0 Å². The Hall–Kier alpha value is -3.25. The lowest BCUT2D eigenvalue weighted by atomic mass is 10.1. The Morgan fingerprint density at radius 1 is 0.893 bits per heavy atom. The van der Waals surface area contributed by atoms with Crippen LogP contribution in [0.5, 0.6) is 0 Å². The molecule has 0 spiro atoms. The predicted molar refractivity (Wildman–Crippen MR) is 111 cm³/mol. The van der Waals surface area contributed by atoms with E-state index in [4.69, 9.17) is 9.52 Å². The van der Waals surface area contributed by atoms with Crippen molar-refractivity contribution in [3.63, 3.8) is 0 Å². The SMILES string of the molecule is Cc1cccc(-c2nnc3sc(-c4cc(-c5ccccc5C)oc4C)nn23)c1. The van der Waals surface area contributed by atoms with Gasteiger partial charge in [-0.05, 0) is 38.5 Å². The minimum Gasteiger partial charge on any atom is -0.461 e. The largest absolute Gasteiger partial charge is 0.461 e. The van der Waals surface area contributed by atoms with Crippen molar-refractivity contribution >= 4 is 16.3 Å². The molecule has 0 atom stereocenters. The zero-order valence-electron chi connectivity index (χ0n) is 15.8. The molecule has 0 aliphatic carbocycles. The molecule has 0 saturated carbocycles. The van der Waals surface area contributed by atoms with Crippen LogP contribution in [0.2, 0.25) is 0 Å². The zero-order valence-corrected chi connectivity index (χ0v) is 16.6. The van der Waals surface area contributed by atoms with Gasteiger partial charge in [0.2, 0.25) is 4.96 Å². The van der Waals surface area contributed by atoms with Crippen LogP contribution < -0.4 is 0 Å². The second kappa shape index (κ2) is 6.42. The molecule has 0 amide bonds.